The van der Waals surface area contributed by atoms with Crippen LogP contribution in [0.2, 0.25) is 0 Å². The van der Waals surface area contributed by atoms with Crippen molar-refractivity contribution in [3.8, 4) is 0 Å². The summed E-state index contributed by atoms with van der Waals surface area (Å²) in [5.41, 5.74) is 3.81. The smallest absolute Gasteiger partial charge is 0.220 e. The van der Waals surface area contributed by atoms with Crippen molar-refractivity contribution in [3.63, 3.8) is 0 Å². The summed E-state index contributed by atoms with van der Waals surface area (Å²) in [5.74, 6) is 0.471. The lowest BCUT2D eigenvalue weighted by molar-refractivity contribution is -0.119. The molecule has 0 radical (unpaired) electrons. The molecule has 1 amide bonds. The topological polar surface area (TPSA) is 63.1 Å². The van der Waals surface area contributed by atoms with Gasteiger partial charge in [-0.25, -0.2) is 0 Å². The van der Waals surface area contributed by atoms with Gasteiger partial charge in [0.2, 0.25) is 5.91 Å². The largest absolute Gasteiger partial charge is 0.356 e. The van der Waals surface area contributed by atoms with Gasteiger partial charge in [0.25, 0.3) is 0 Å². The maximum Gasteiger partial charge on any atom is 0.220 e. The number of rotatable bonds is 4. The van der Waals surface area contributed by atoms with E-state index >= 15 is 0 Å². The van der Waals surface area contributed by atoms with Crippen LogP contribution in [-0.2, 0) is 31.0 Å². The minimum Gasteiger partial charge on any atom is -0.356 e. The number of benzene rings is 1. The molecule has 1 atom stereocenters. The standard InChI is InChI=1S/C16H19N5O/c22-16-5-12(6-17-16)7-21-11-15(18-19-21)10-20-8-13-3-1-2-4-14(13)9-20/h1-4,11-12H,5-10H2,(H,17,22). The number of hydrogen-bond acceptors (Lipinski definition) is 4. The van der Waals surface area contributed by atoms with Crippen LogP contribution in [0.25, 0.3) is 0 Å². The molecule has 1 N–H and O–H groups in total. The van der Waals surface area contributed by atoms with Crippen LogP contribution in [0.5, 0.6) is 0 Å². The molecule has 2 aliphatic heterocycles. The number of nitrogens with one attached hydrogen (secondary N) is 1. The molecule has 2 aromatic rings. The van der Waals surface area contributed by atoms with Crippen LogP contribution < -0.4 is 5.32 Å². The zero-order chi connectivity index (χ0) is 14.9. The quantitative estimate of drug-likeness (QED) is 0.912. The van der Waals surface area contributed by atoms with E-state index in [0.717, 1.165) is 38.4 Å². The van der Waals surface area contributed by atoms with Gasteiger partial charge >= 0.3 is 0 Å². The lowest BCUT2D eigenvalue weighted by atomic mass is 10.1. The molecule has 1 fully saturated rings. The second kappa shape index (κ2) is 5.53. The SMILES string of the molecule is O=C1CC(Cn2cc(CN3Cc4ccccc4C3)nn2)CN1. The van der Waals surface area contributed by atoms with Crippen molar-refractivity contribution < 1.29 is 4.79 Å². The molecule has 114 valence electrons. The molecule has 22 heavy (non-hydrogen) atoms. The molecule has 1 aromatic carbocycles. The van der Waals surface area contributed by atoms with Gasteiger partial charge in [0.15, 0.2) is 0 Å². The number of nitrogens with zero attached hydrogens (tertiary/aromatic N) is 4. The summed E-state index contributed by atoms with van der Waals surface area (Å²) in [5, 5.41) is 11.3. The van der Waals surface area contributed by atoms with Gasteiger partial charge in [-0.2, -0.15) is 0 Å². The van der Waals surface area contributed by atoms with Gasteiger partial charge in [0.1, 0.15) is 0 Å². The highest BCUT2D eigenvalue weighted by Crippen LogP contribution is 2.23. The lowest BCUT2D eigenvalue weighted by Gasteiger charge is -2.12. The summed E-state index contributed by atoms with van der Waals surface area (Å²) in [7, 11) is 0. The monoisotopic (exact) mass is 297 g/mol. The Morgan fingerprint density at radius 1 is 1.23 bits per heavy atom. The maximum absolute atomic E-state index is 11.2. The van der Waals surface area contributed by atoms with Crippen LogP contribution in [0.3, 0.4) is 0 Å². The van der Waals surface area contributed by atoms with Crippen molar-refractivity contribution in [2.45, 2.75) is 32.6 Å². The Balaban J connectivity index is 1.36. The van der Waals surface area contributed by atoms with E-state index < -0.39 is 0 Å². The molecule has 6 heteroatoms. The first-order valence-corrected chi connectivity index (χ1v) is 7.71. The summed E-state index contributed by atoms with van der Waals surface area (Å²) >= 11 is 0. The zero-order valence-corrected chi connectivity index (χ0v) is 12.4. The highest BCUT2D eigenvalue weighted by Gasteiger charge is 2.23. The van der Waals surface area contributed by atoms with E-state index in [0.29, 0.717) is 12.3 Å². The van der Waals surface area contributed by atoms with Crippen molar-refractivity contribution in [3.05, 3.63) is 47.3 Å². The number of aromatic nitrogens is 3. The van der Waals surface area contributed by atoms with Gasteiger partial charge in [0.05, 0.1) is 5.69 Å². The third kappa shape index (κ3) is 2.74. The Kier molecular flexibility index (Phi) is 3.38. The van der Waals surface area contributed by atoms with Crippen molar-refractivity contribution in [2.24, 2.45) is 5.92 Å². The number of carbonyl (C=O) groups is 1. The predicted octanol–water partition coefficient (Wildman–Crippen LogP) is 0.930. The second-order valence-corrected chi connectivity index (χ2v) is 6.22. The molecule has 6 nitrogen and oxygen atoms in total. The van der Waals surface area contributed by atoms with E-state index in [-0.39, 0.29) is 5.91 Å². The summed E-state index contributed by atoms with van der Waals surface area (Å²) in [6.07, 6.45) is 2.60. The number of carbonyl (C=O) groups excluding carboxylic acids is 1. The van der Waals surface area contributed by atoms with Gasteiger partial charge in [-0.05, 0) is 11.1 Å². The predicted molar refractivity (Wildman–Crippen MR) is 80.5 cm³/mol. The Morgan fingerprint density at radius 3 is 2.68 bits per heavy atom. The van der Waals surface area contributed by atoms with Crippen molar-refractivity contribution in [1.82, 2.24) is 25.2 Å². The van der Waals surface area contributed by atoms with E-state index in [1.165, 1.54) is 11.1 Å². The highest BCUT2D eigenvalue weighted by molar-refractivity contribution is 5.78. The van der Waals surface area contributed by atoms with Gasteiger partial charge in [-0.3, -0.25) is 14.4 Å². The molecule has 0 saturated carbocycles. The first-order chi connectivity index (χ1) is 10.8. The lowest BCUT2D eigenvalue weighted by Crippen LogP contribution is -2.16. The molecular formula is C16H19N5O. The average Bonchev–Trinajstić information content (AvgIpc) is 3.20. The van der Waals surface area contributed by atoms with Crippen molar-refractivity contribution in [2.75, 3.05) is 6.54 Å². The Bertz CT molecular complexity index is 670. The van der Waals surface area contributed by atoms with E-state index in [2.05, 4.69) is 44.8 Å². The molecule has 3 heterocycles. The molecule has 0 bridgehead atoms. The third-order valence-corrected chi connectivity index (χ3v) is 4.39. The Morgan fingerprint density at radius 2 is 2.00 bits per heavy atom. The molecule has 1 unspecified atom stereocenters. The second-order valence-electron chi connectivity index (χ2n) is 6.22. The van der Waals surface area contributed by atoms with Crippen LogP contribution in [0.1, 0.15) is 23.2 Å². The maximum atomic E-state index is 11.2. The minimum atomic E-state index is 0.139. The van der Waals surface area contributed by atoms with E-state index in [1.54, 1.807) is 0 Å². The van der Waals surface area contributed by atoms with Gasteiger partial charge < -0.3 is 5.32 Å². The van der Waals surface area contributed by atoms with E-state index in [4.69, 9.17) is 0 Å². The number of amides is 1. The highest BCUT2D eigenvalue weighted by atomic mass is 16.1. The van der Waals surface area contributed by atoms with Crippen LogP contribution in [-0.4, -0.2) is 32.3 Å². The van der Waals surface area contributed by atoms with Crippen LogP contribution >= 0.6 is 0 Å². The molecule has 1 aromatic heterocycles. The summed E-state index contributed by atoms with van der Waals surface area (Å²) in [4.78, 5) is 13.6. The number of fused-ring (bicyclic) bond motifs is 1. The first kappa shape index (κ1) is 13.5. The van der Waals surface area contributed by atoms with E-state index in [9.17, 15) is 4.79 Å². The first-order valence-electron chi connectivity index (χ1n) is 7.71. The van der Waals surface area contributed by atoms with Gasteiger partial charge in [-0.1, -0.05) is 29.5 Å². The summed E-state index contributed by atoms with van der Waals surface area (Å²) < 4.78 is 1.86. The zero-order valence-electron chi connectivity index (χ0n) is 12.4. The van der Waals surface area contributed by atoms with Crippen LogP contribution in [0.4, 0.5) is 0 Å². The average molecular weight is 297 g/mol. The summed E-state index contributed by atoms with van der Waals surface area (Å²) in [6.45, 7) is 4.27. The molecular weight excluding hydrogens is 278 g/mol. The number of hydrogen-bond donors (Lipinski definition) is 1. The minimum absolute atomic E-state index is 0.139. The van der Waals surface area contributed by atoms with Gasteiger partial charge in [0, 0.05) is 51.3 Å². The molecule has 0 aliphatic carbocycles. The Hall–Kier alpha value is -2.21. The van der Waals surface area contributed by atoms with Crippen LogP contribution in [0, 0.1) is 5.92 Å². The Labute approximate surface area is 129 Å². The van der Waals surface area contributed by atoms with Gasteiger partial charge in [-0.15, -0.1) is 5.10 Å². The molecule has 1 saturated heterocycles. The van der Waals surface area contributed by atoms with Crippen molar-refractivity contribution >= 4 is 5.91 Å². The fourth-order valence-electron chi connectivity index (χ4n) is 3.30. The fraction of sp³-hybridized carbons (Fsp3) is 0.438. The molecule has 0 spiro atoms. The van der Waals surface area contributed by atoms with Crippen LogP contribution in [0.15, 0.2) is 30.5 Å². The van der Waals surface area contributed by atoms with Crippen molar-refractivity contribution in [1.29, 1.82) is 0 Å². The van der Waals surface area contributed by atoms with E-state index in [1.807, 2.05) is 10.9 Å². The summed E-state index contributed by atoms with van der Waals surface area (Å²) in [6, 6.07) is 8.57. The molecule has 2 aliphatic rings. The third-order valence-electron chi connectivity index (χ3n) is 4.39. The molecule has 4 rings (SSSR count). The fourth-order valence-corrected chi connectivity index (χ4v) is 3.30. The normalized spacial score (nSPS) is 21.1.